The van der Waals surface area contributed by atoms with Gasteiger partial charge in [0.25, 0.3) is 0 Å². The highest BCUT2D eigenvalue weighted by atomic mass is 32.1. The Hall–Kier alpha value is -1.69. The Morgan fingerprint density at radius 1 is 1.53 bits per heavy atom. The van der Waals surface area contributed by atoms with Crippen LogP contribution in [0.25, 0.3) is 10.6 Å². The van der Waals surface area contributed by atoms with Gasteiger partial charge in [0.1, 0.15) is 0 Å². The second-order valence-corrected chi connectivity index (χ2v) is 5.03. The summed E-state index contributed by atoms with van der Waals surface area (Å²) in [7, 11) is 0. The Morgan fingerprint density at radius 3 is 3.00 bits per heavy atom. The monoisotopic (exact) mass is 251 g/mol. The molecular weight excluding hydrogens is 238 g/mol. The van der Waals surface area contributed by atoms with Crippen molar-refractivity contribution in [2.24, 2.45) is 5.92 Å². The van der Waals surface area contributed by atoms with Crippen molar-refractivity contribution in [3.63, 3.8) is 0 Å². The van der Waals surface area contributed by atoms with Crippen LogP contribution in [0.1, 0.15) is 20.3 Å². The van der Waals surface area contributed by atoms with Crippen LogP contribution in [-0.2, 0) is 4.79 Å². The van der Waals surface area contributed by atoms with Crippen molar-refractivity contribution in [1.29, 1.82) is 0 Å². The Morgan fingerprint density at radius 2 is 2.35 bits per heavy atom. The molecular formula is C11H13N3O2S. The van der Waals surface area contributed by atoms with Gasteiger partial charge in [0, 0.05) is 6.42 Å². The zero-order chi connectivity index (χ0) is 12.3. The molecule has 0 fully saturated rings. The number of nitrogens with one attached hydrogen (secondary N) is 1. The summed E-state index contributed by atoms with van der Waals surface area (Å²) in [6.45, 7) is 3.97. The first-order valence-corrected chi connectivity index (χ1v) is 6.21. The van der Waals surface area contributed by atoms with Crippen LogP contribution in [0.15, 0.2) is 22.1 Å². The number of rotatable bonds is 4. The molecule has 0 bridgehead atoms. The first kappa shape index (κ1) is 11.8. The quantitative estimate of drug-likeness (QED) is 0.907. The SMILES string of the molecule is CC(C)CC(=O)Nc1nonc1-c1cccs1. The molecule has 0 atom stereocenters. The van der Waals surface area contributed by atoms with Crippen LogP contribution in [0.3, 0.4) is 0 Å². The van der Waals surface area contributed by atoms with E-state index < -0.39 is 0 Å². The van der Waals surface area contributed by atoms with Gasteiger partial charge < -0.3 is 5.32 Å². The summed E-state index contributed by atoms with van der Waals surface area (Å²) in [5, 5.41) is 12.2. The summed E-state index contributed by atoms with van der Waals surface area (Å²) in [6, 6.07) is 3.82. The number of hydrogen-bond acceptors (Lipinski definition) is 5. The molecule has 90 valence electrons. The topological polar surface area (TPSA) is 68.0 Å². The van der Waals surface area contributed by atoms with Gasteiger partial charge in [-0.25, -0.2) is 4.63 Å². The molecule has 0 radical (unpaired) electrons. The molecule has 0 spiro atoms. The molecule has 5 nitrogen and oxygen atoms in total. The van der Waals surface area contributed by atoms with Gasteiger partial charge >= 0.3 is 0 Å². The number of hydrogen-bond donors (Lipinski definition) is 1. The maximum absolute atomic E-state index is 11.6. The van der Waals surface area contributed by atoms with E-state index in [1.807, 2.05) is 31.4 Å². The highest BCUT2D eigenvalue weighted by Gasteiger charge is 2.16. The molecule has 17 heavy (non-hydrogen) atoms. The predicted molar refractivity (Wildman–Crippen MR) is 65.7 cm³/mol. The summed E-state index contributed by atoms with van der Waals surface area (Å²) in [5.74, 6) is 0.617. The fraction of sp³-hybridized carbons (Fsp3) is 0.364. The molecule has 0 unspecified atom stereocenters. The average Bonchev–Trinajstić information content (AvgIpc) is 2.84. The Bertz CT molecular complexity index is 491. The smallest absolute Gasteiger partial charge is 0.225 e. The van der Waals surface area contributed by atoms with E-state index in [-0.39, 0.29) is 5.91 Å². The van der Waals surface area contributed by atoms with Crippen molar-refractivity contribution in [1.82, 2.24) is 10.3 Å². The molecule has 6 heteroatoms. The first-order valence-electron chi connectivity index (χ1n) is 5.33. The Labute approximate surface area is 103 Å². The van der Waals surface area contributed by atoms with Gasteiger partial charge in [-0.1, -0.05) is 19.9 Å². The number of carbonyl (C=O) groups is 1. The number of carbonyl (C=O) groups excluding carboxylic acids is 1. The van der Waals surface area contributed by atoms with Gasteiger partial charge in [0.05, 0.1) is 4.88 Å². The molecule has 0 aliphatic rings. The van der Waals surface area contributed by atoms with Crippen molar-refractivity contribution in [2.75, 3.05) is 5.32 Å². The van der Waals surface area contributed by atoms with Gasteiger partial charge in [-0.2, -0.15) is 0 Å². The highest BCUT2D eigenvalue weighted by molar-refractivity contribution is 7.13. The fourth-order valence-electron chi connectivity index (χ4n) is 1.40. The van der Waals surface area contributed by atoms with Gasteiger partial charge in [-0.05, 0) is 27.7 Å². The lowest BCUT2D eigenvalue weighted by Crippen LogP contribution is -2.14. The first-order chi connectivity index (χ1) is 8.16. The molecule has 0 saturated heterocycles. The molecule has 0 aliphatic carbocycles. The zero-order valence-corrected chi connectivity index (χ0v) is 10.5. The lowest BCUT2D eigenvalue weighted by molar-refractivity contribution is -0.116. The van der Waals surface area contributed by atoms with Crippen LogP contribution in [0.2, 0.25) is 0 Å². The lowest BCUT2D eigenvalue weighted by atomic mass is 10.1. The van der Waals surface area contributed by atoms with Crippen LogP contribution >= 0.6 is 11.3 Å². The number of amides is 1. The van der Waals surface area contributed by atoms with Gasteiger partial charge in [-0.3, -0.25) is 4.79 Å². The second kappa shape index (κ2) is 5.09. The van der Waals surface area contributed by atoms with E-state index in [0.29, 0.717) is 23.9 Å². The third kappa shape index (κ3) is 2.91. The van der Waals surface area contributed by atoms with E-state index in [9.17, 15) is 4.79 Å². The average molecular weight is 251 g/mol. The molecule has 2 aromatic rings. The molecule has 2 aromatic heterocycles. The molecule has 2 heterocycles. The molecule has 2 rings (SSSR count). The summed E-state index contributed by atoms with van der Waals surface area (Å²) >= 11 is 1.52. The van der Waals surface area contributed by atoms with Crippen molar-refractivity contribution >= 4 is 23.1 Å². The number of nitrogens with zero attached hydrogens (tertiary/aromatic N) is 2. The molecule has 0 saturated carbocycles. The molecule has 1 amide bonds. The Kier molecular flexibility index (Phi) is 3.53. The summed E-state index contributed by atoms with van der Waals surface area (Å²) < 4.78 is 4.67. The van der Waals surface area contributed by atoms with Crippen LogP contribution in [-0.4, -0.2) is 16.2 Å². The highest BCUT2D eigenvalue weighted by Crippen LogP contribution is 2.28. The minimum absolute atomic E-state index is 0.0755. The van der Waals surface area contributed by atoms with E-state index in [1.165, 1.54) is 11.3 Å². The Balaban J connectivity index is 2.12. The van der Waals surface area contributed by atoms with Crippen molar-refractivity contribution < 1.29 is 9.42 Å². The molecule has 0 aliphatic heterocycles. The van der Waals surface area contributed by atoms with Crippen molar-refractivity contribution in [3.05, 3.63) is 17.5 Å². The van der Waals surface area contributed by atoms with Crippen molar-refractivity contribution in [3.8, 4) is 10.6 Å². The minimum atomic E-state index is -0.0755. The third-order valence-electron chi connectivity index (χ3n) is 2.09. The molecule has 0 aromatic carbocycles. The van der Waals surface area contributed by atoms with E-state index in [2.05, 4.69) is 20.3 Å². The maximum Gasteiger partial charge on any atom is 0.225 e. The van der Waals surface area contributed by atoms with Crippen LogP contribution in [0.4, 0.5) is 5.82 Å². The van der Waals surface area contributed by atoms with E-state index in [0.717, 1.165) is 4.88 Å². The maximum atomic E-state index is 11.6. The number of anilines is 1. The van der Waals surface area contributed by atoms with Crippen LogP contribution in [0, 0.1) is 5.92 Å². The van der Waals surface area contributed by atoms with E-state index in [1.54, 1.807) is 0 Å². The minimum Gasteiger partial charge on any atom is -0.306 e. The second-order valence-electron chi connectivity index (χ2n) is 4.08. The summed E-state index contributed by atoms with van der Waals surface area (Å²) in [4.78, 5) is 12.5. The number of aromatic nitrogens is 2. The zero-order valence-electron chi connectivity index (χ0n) is 9.64. The summed E-state index contributed by atoms with van der Waals surface area (Å²) in [5.41, 5.74) is 0.581. The van der Waals surface area contributed by atoms with E-state index in [4.69, 9.17) is 0 Å². The fourth-order valence-corrected chi connectivity index (χ4v) is 2.11. The normalized spacial score (nSPS) is 10.8. The van der Waals surface area contributed by atoms with Gasteiger partial charge in [0.2, 0.25) is 11.7 Å². The lowest BCUT2D eigenvalue weighted by Gasteiger charge is -2.04. The summed E-state index contributed by atoms with van der Waals surface area (Å²) in [6.07, 6.45) is 0.455. The van der Waals surface area contributed by atoms with Crippen LogP contribution < -0.4 is 5.32 Å². The largest absolute Gasteiger partial charge is 0.306 e. The third-order valence-corrected chi connectivity index (χ3v) is 2.97. The standard InChI is InChI=1S/C11H13N3O2S/c1-7(2)6-9(15)12-11-10(13-16-14-11)8-4-3-5-17-8/h3-5,7H,6H2,1-2H3,(H,12,14,15). The predicted octanol–water partition coefficient (Wildman–Crippen LogP) is 2.78. The molecule has 1 N–H and O–H groups in total. The van der Waals surface area contributed by atoms with Crippen molar-refractivity contribution in [2.45, 2.75) is 20.3 Å². The van der Waals surface area contributed by atoms with E-state index >= 15 is 0 Å². The van der Waals surface area contributed by atoms with Gasteiger partial charge in [0.15, 0.2) is 5.69 Å². The van der Waals surface area contributed by atoms with Crippen LogP contribution in [0.5, 0.6) is 0 Å². The number of thiophene rings is 1. The van der Waals surface area contributed by atoms with Gasteiger partial charge in [-0.15, -0.1) is 11.3 Å².